The molecule has 4 aromatic rings. The van der Waals surface area contributed by atoms with Crippen molar-refractivity contribution < 1.29 is 18.7 Å². The molecular weight excluding hydrogens is 450 g/mol. The number of furan rings is 1. The minimum absolute atomic E-state index is 0.0740. The van der Waals surface area contributed by atoms with Crippen LogP contribution in [0.4, 0.5) is 16.4 Å². The number of hydrogen-bond acceptors (Lipinski definition) is 7. The number of rotatable bonds is 8. The molecule has 0 spiro atoms. The normalized spacial score (nSPS) is 10.9. The topological polar surface area (TPSA) is 107 Å². The summed E-state index contributed by atoms with van der Waals surface area (Å²) in [5, 5.41) is 7.57. The molecule has 0 bridgehead atoms. The van der Waals surface area contributed by atoms with Gasteiger partial charge in [0, 0.05) is 19.0 Å². The van der Waals surface area contributed by atoms with Gasteiger partial charge in [-0.05, 0) is 24.3 Å². The lowest BCUT2D eigenvalue weighted by molar-refractivity contribution is 0.0939. The first-order valence-corrected chi connectivity index (χ1v) is 10.9. The largest absolute Gasteiger partial charge is 0.453 e. The first kappa shape index (κ1) is 21.9. The molecule has 7 nitrogen and oxygen atoms in total. The molecule has 2 heterocycles. The summed E-state index contributed by atoms with van der Waals surface area (Å²) in [4.78, 5) is 26.3. The average Bonchev–Trinajstić information content (AvgIpc) is 3.36. The maximum absolute atomic E-state index is 13.2. The summed E-state index contributed by atoms with van der Waals surface area (Å²) < 4.78 is 10.7. The fraction of sp³-hybridized carbons (Fsp3) is 0.130. The highest BCUT2D eigenvalue weighted by Crippen LogP contribution is 2.40. The van der Waals surface area contributed by atoms with Crippen LogP contribution in [0.3, 0.4) is 0 Å². The summed E-state index contributed by atoms with van der Waals surface area (Å²) in [7, 11) is 1.54. The molecule has 9 heteroatoms. The minimum Gasteiger partial charge on any atom is -0.453 e. The van der Waals surface area contributed by atoms with E-state index in [9.17, 15) is 9.59 Å². The molecule has 0 unspecified atom stereocenters. The van der Waals surface area contributed by atoms with Crippen LogP contribution in [0.1, 0.15) is 25.8 Å². The van der Waals surface area contributed by atoms with Gasteiger partial charge < -0.3 is 25.5 Å². The fourth-order valence-corrected chi connectivity index (χ4v) is 4.43. The number of benzene rings is 2. The third-order valence-electron chi connectivity index (χ3n) is 4.74. The Labute approximate surface area is 193 Å². The molecule has 0 aliphatic carbocycles. The molecule has 0 saturated carbocycles. The van der Waals surface area contributed by atoms with Crippen LogP contribution in [-0.2, 0) is 4.74 Å². The zero-order valence-corrected chi connectivity index (χ0v) is 18.7. The van der Waals surface area contributed by atoms with Gasteiger partial charge in [0.2, 0.25) is 5.78 Å². The Balaban J connectivity index is 1.74. The second-order valence-electron chi connectivity index (χ2n) is 6.88. The predicted octanol–water partition coefficient (Wildman–Crippen LogP) is 5.08. The van der Waals surface area contributed by atoms with Crippen LogP contribution >= 0.6 is 22.9 Å². The summed E-state index contributed by atoms with van der Waals surface area (Å²) in [5.41, 5.74) is 7.74. The van der Waals surface area contributed by atoms with Crippen molar-refractivity contribution >= 4 is 62.0 Å². The number of para-hydroxylation sites is 2. The number of thiophene rings is 1. The molecule has 0 aliphatic rings. The highest BCUT2D eigenvalue weighted by Gasteiger charge is 2.28. The van der Waals surface area contributed by atoms with Crippen molar-refractivity contribution in [3.63, 3.8) is 0 Å². The number of anilines is 3. The van der Waals surface area contributed by atoms with Crippen LogP contribution in [0.5, 0.6) is 0 Å². The number of nitrogens with one attached hydrogen (secondary N) is 2. The second-order valence-corrected chi connectivity index (χ2v) is 8.31. The number of carbonyl (C=O) groups excluding carboxylic acids is 2. The number of ketones is 1. The van der Waals surface area contributed by atoms with Gasteiger partial charge in [0.1, 0.15) is 15.5 Å². The highest BCUT2D eigenvalue weighted by atomic mass is 35.5. The number of nitrogens with two attached hydrogens (primary N) is 1. The fourth-order valence-electron chi connectivity index (χ4n) is 3.17. The summed E-state index contributed by atoms with van der Waals surface area (Å²) in [6.07, 6.45) is 0. The number of carbonyl (C=O) groups is 2. The van der Waals surface area contributed by atoms with Gasteiger partial charge in [0.15, 0.2) is 5.76 Å². The number of halogens is 1. The molecule has 4 rings (SSSR count). The van der Waals surface area contributed by atoms with Crippen LogP contribution in [0.15, 0.2) is 59.0 Å². The van der Waals surface area contributed by atoms with E-state index in [0.29, 0.717) is 34.4 Å². The Kier molecular flexibility index (Phi) is 6.45. The Morgan fingerprint density at radius 2 is 1.91 bits per heavy atom. The smallest absolute Gasteiger partial charge is 0.256 e. The molecule has 0 atom stereocenters. The van der Waals surface area contributed by atoms with E-state index in [0.717, 1.165) is 16.7 Å². The van der Waals surface area contributed by atoms with Gasteiger partial charge >= 0.3 is 0 Å². The summed E-state index contributed by atoms with van der Waals surface area (Å²) in [5.74, 6) is -0.675. The summed E-state index contributed by atoms with van der Waals surface area (Å²) >= 11 is 7.34. The van der Waals surface area contributed by atoms with Crippen LogP contribution < -0.4 is 16.4 Å². The van der Waals surface area contributed by atoms with Gasteiger partial charge in [-0.3, -0.25) is 9.59 Å². The van der Waals surface area contributed by atoms with Crippen molar-refractivity contribution in [3.05, 3.63) is 75.8 Å². The molecule has 0 radical (unpaired) electrons. The lowest BCUT2D eigenvalue weighted by Crippen LogP contribution is -2.27. The molecule has 164 valence electrons. The number of amides is 1. The summed E-state index contributed by atoms with van der Waals surface area (Å²) in [6, 6.07) is 16.1. The van der Waals surface area contributed by atoms with Gasteiger partial charge in [-0.15, -0.1) is 11.3 Å². The van der Waals surface area contributed by atoms with Crippen LogP contribution in [0.2, 0.25) is 5.02 Å². The van der Waals surface area contributed by atoms with Crippen molar-refractivity contribution in [3.8, 4) is 0 Å². The van der Waals surface area contributed by atoms with E-state index < -0.39 is 11.7 Å². The zero-order valence-electron chi connectivity index (χ0n) is 17.1. The van der Waals surface area contributed by atoms with Gasteiger partial charge in [-0.25, -0.2) is 0 Å². The first-order valence-electron chi connectivity index (χ1n) is 9.73. The Bertz CT molecular complexity index is 1260. The van der Waals surface area contributed by atoms with Gasteiger partial charge in [-0.1, -0.05) is 41.9 Å². The van der Waals surface area contributed by atoms with E-state index in [4.69, 9.17) is 26.5 Å². The second kappa shape index (κ2) is 9.44. The molecule has 4 N–H and O–H groups in total. The maximum atomic E-state index is 13.2. The molecule has 0 saturated heterocycles. The summed E-state index contributed by atoms with van der Waals surface area (Å²) in [6.45, 7) is 0.636. The SMILES string of the molecule is COCCNC(=O)c1c(Nc2ccccc2Cl)sc(C(=O)c2cc3ccccc3o2)c1N. The van der Waals surface area contributed by atoms with Gasteiger partial charge in [0.05, 0.1) is 28.6 Å². The average molecular weight is 470 g/mol. The van der Waals surface area contributed by atoms with E-state index in [1.54, 1.807) is 37.4 Å². The third kappa shape index (κ3) is 4.34. The molecule has 2 aromatic carbocycles. The lowest BCUT2D eigenvalue weighted by Gasteiger charge is -2.10. The van der Waals surface area contributed by atoms with E-state index >= 15 is 0 Å². The van der Waals surface area contributed by atoms with E-state index in [1.165, 1.54) is 0 Å². The van der Waals surface area contributed by atoms with Crippen LogP contribution in [-0.4, -0.2) is 32.0 Å². The van der Waals surface area contributed by atoms with Crippen molar-refractivity contribution in [1.82, 2.24) is 5.32 Å². The number of methoxy groups -OCH3 is 1. The predicted molar refractivity (Wildman–Crippen MR) is 127 cm³/mol. The third-order valence-corrected chi connectivity index (χ3v) is 6.19. The van der Waals surface area contributed by atoms with Crippen molar-refractivity contribution in [2.24, 2.45) is 0 Å². The standard InChI is InChI=1S/C23H20ClN3O4S/c1-30-11-10-26-22(29)18-19(25)21(32-23(18)27-15-8-4-3-7-14(15)24)20(28)17-12-13-6-2-5-9-16(13)31-17/h2-9,12,27H,10-11,25H2,1H3,(H,26,29). The quantitative estimate of drug-likeness (QED) is 0.245. The van der Waals surface area contributed by atoms with E-state index in [1.807, 2.05) is 24.3 Å². The van der Waals surface area contributed by atoms with Crippen molar-refractivity contribution in [2.75, 3.05) is 31.3 Å². The number of ether oxygens (including phenoxy) is 1. The van der Waals surface area contributed by atoms with Gasteiger partial charge in [0.25, 0.3) is 5.91 Å². The Morgan fingerprint density at radius 3 is 2.66 bits per heavy atom. The van der Waals surface area contributed by atoms with E-state index in [2.05, 4.69) is 10.6 Å². The monoisotopic (exact) mass is 469 g/mol. The molecule has 0 fully saturated rings. The maximum Gasteiger partial charge on any atom is 0.256 e. The molecule has 0 aliphatic heterocycles. The van der Waals surface area contributed by atoms with Crippen molar-refractivity contribution in [1.29, 1.82) is 0 Å². The first-order chi connectivity index (χ1) is 15.5. The number of hydrogen-bond donors (Lipinski definition) is 3. The Morgan fingerprint density at radius 1 is 1.16 bits per heavy atom. The van der Waals surface area contributed by atoms with E-state index in [-0.39, 0.29) is 21.9 Å². The molecule has 1 amide bonds. The van der Waals surface area contributed by atoms with Crippen LogP contribution in [0.25, 0.3) is 11.0 Å². The number of fused-ring (bicyclic) bond motifs is 1. The highest BCUT2D eigenvalue weighted by molar-refractivity contribution is 7.19. The van der Waals surface area contributed by atoms with Crippen LogP contribution in [0, 0.1) is 0 Å². The minimum atomic E-state index is -0.422. The van der Waals surface area contributed by atoms with Gasteiger partial charge in [-0.2, -0.15) is 0 Å². The number of nitrogen functional groups attached to an aromatic ring is 1. The lowest BCUT2D eigenvalue weighted by atomic mass is 10.1. The Hall–Kier alpha value is -3.33. The molecular formula is C23H20ClN3O4S. The zero-order chi connectivity index (χ0) is 22.7. The molecule has 32 heavy (non-hydrogen) atoms. The van der Waals surface area contributed by atoms with Crippen molar-refractivity contribution in [2.45, 2.75) is 0 Å². The molecule has 2 aromatic heterocycles.